The van der Waals surface area contributed by atoms with E-state index in [-0.39, 0.29) is 18.4 Å². The van der Waals surface area contributed by atoms with Crippen molar-refractivity contribution in [3.05, 3.63) is 59.0 Å². The first kappa shape index (κ1) is 20.5. The van der Waals surface area contributed by atoms with Gasteiger partial charge in [0.15, 0.2) is 12.3 Å². The first-order valence-electron chi connectivity index (χ1n) is 9.40. The van der Waals surface area contributed by atoms with Crippen molar-refractivity contribution >= 4 is 23.2 Å². The fraction of sp³-hybridized carbons (Fsp3) is 0.350. The van der Waals surface area contributed by atoms with E-state index in [9.17, 15) is 18.0 Å². The number of carbonyl (C=O) groups is 1. The molecule has 1 fully saturated rings. The largest absolute Gasteiger partial charge is 0.482 e. The first-order valence-corrected chi connectivity index (χ1v) is 9.77. The molecule has 2 aromatic heterocycles. The number of fused-ring (bicyclic) bond motifs is 1. The van der Waals surface area contributed by atoms with E-state index in [0.29, 0.717) is 48.2 Å². The number of amides is 1. The lowest BCUT2D eigenvalue weighted by Gasteiger charge is -2.32. The first-order chi connectivity index (χ1) is 14.3. The minimum absolute atomic E-state index is 0.171. The lowest BCUT2D eigenvalue weighted by molar-refractivity contribution is -0.138. The molecule has 30 heavy (non-hydrogen) atoms. The number of carbonyl (C=O) groups excluding carboxylic acids is 1. The summed E-state index contributed by atoms with van der Waals surface area (Å²) in [4.78, 5) is 14.3. The van der Waals surface area contributed by atoms with E-state index in [1.165, 1.54) is 10.5 Å². The third-order valence-electron chi connectivity index (χ3n) is 5.08. The molecule has 0 spiro atoms. The van der Waals surface area contributed by atoms with Crippen LogP contribution in [0.15, 0.2) is 42.6 Å². The molecule has 6 nitrogen and oxygen atoms in total. The van der Waals surface area contributed by atoms with E-state index in [0.717, 1.165) is 12.3 Å². The molecule has 1 atom stereocenters. The second-order valence-electron chi connectivity index (χ2n) is 7.10. The van der Waals surface area contributed by atoms with Gasteiger partial charge in [-0.05, 0) is 37.1 Å². The van der Waals surface area contributed by atoms with Crippen LogP contribution in [0.2, 0.25) is 5.02 Å². The molecule has 0 N–H and O–H groups in total. The zero-order valence-electron chi connectivity index (χ0n) is 15.8. The molecular formula is C20H18ClF3N4O2. The Morgan fingerprint density at radius 2 is 2.00 bits per heavy atom. The number of hydrogen-bond donors (Lipinski definition) is 0. The second kappa shape index (κ2) is 8.14. The Morgan fingerprint density at radius 3 is 2.77 bits per heavy atom. The minimum atomic E-state index is -4.46. The number of ether oxygens (including phenoxy) is 1. The summed E-state index contributed by atoms with van der Waals surface area (Å²) >= 11 is 6.04. The highest BCUT2D eigenvalue weighted by Gasteiger charge is 2.32. The average Bonchev–Trinajstić information content (AvgIpc) is 3.16. The summed E-state index contributed by atoms with van der Waals surface area (Å²) in [5.74, 6) is 0.399. The molecule has 0 aliphatic carbocycles. The molecule has 3 heterocycles. The van der Waals surface area contributed by atoms with Gasteiger partial charge in [-0.1, -0.05) is 23.7 Å². The van der Waals surface area contributed by atoms with Crippen LogP contribution >= 0.6 is 11.6 Å². The molecule has 1 aromatic carbocycles. The second-order valence-corrected chi connectivity index (χ2v) is 7.51. The quantitative estimate of drug-likeness (QED) is 0.613. The smallest absolute Gasteiger partial charge is 0.417 e. The predicted molar refractivity (Wildman–Crippen MR) is 103 cm³/mol. The number of halogens is 4. The molecule has 1 saturated heterocycles. The summed E-state index contributed by atoms with van der Waals surface area (Å²) in [5.41, 5.74) is -0.434. The molecule has 3 aromatic rings. The fourth-order valence-corrected chi connectivity index (χ4v) is 3.75. The van der Waals surface area contributed by atoms with Crippen LogP contribution in [-0.2, 0) is 11.0 Å². The summed E-state index contributed by atoms with van der Waals surface area (Å²) in [6, 6.07) is 9.14. The van der Waals surface area contributed by atoms with Crippen molar-refractivity contribution in [1.82, 2.24) is 19.5 Å². The van der Waals surface area contributed by atoms with Crippen LogP contribution in [0.25, 0.3) is 5.65 Å². The molecule has 4 rings (SSSR count). The molecule has 0 saturated carbocycles. The highest BCUT2D eigenvalue weighted by molar-refractivity contribution is 6.32. The SMILES string of the molecule is O=C(COc1ccccc1Cl)N1CCCC(c2nnc3ccc(C(F)(F)F)cn23)C1. The normalized spacial score (nSPS) is 17.3. The minimum Gasteiger partial charge on any atom is -0.482 e. The van der Waals surface area contributed by atoms with E-state index in [1.54, 1.807) is 29.2 Å². The molecule has 1 aliphatic rings. The number of alkyl halides is 3. The van der Waals surface area contributed by atoms with Gasteiger partial charge in [0, 0.05) is 25.2 Å². The summed E-state index contributed by atoms with van der Waals surface area (Å²) in [6.07, 6.45) is -2.05. The Morgan fingerprint density at radius 1 is 1.20 bits per heavy atom. The third-order valence-corrected chi connectivity index (χ3v) is 5.40. The molecule has 1 aliphatic heterocycles. The van der Waals surface area contributed by atoms with Gasteiger partial charge in [-0.15, -0.1) is 10.2 Å². The van der Waals surface area contributed by atoms with Gasteiger partial charge in [0.05, 0.1) is 10.6 Å². The van der Waals surface area contributed by atoms with Crippen molar-refractivity contribution in [1.29, 1.82) is 0 Å². The number of likely N-dealkylation sites (tertiary alicyclic amines) is 1. The van der Waals surface area contributed by atoms with Crippen LogP contribution in [-0.4, -0.2) is 45.1 Å². The summed E-state index contributed by atoms with van der Waals surface area (Å²) in [5, 5.41) is 8.49. The topological polar surface area (TPSA) is 59.7 Å². The lowest BCUT2D eigenvalue weighted by Crippen LogP contribution is -2.42. The number of nitrogens with zero attached hydrogens (tertiary/aromatic N) is 4. The maximum absolute atomic E-state index is 13.1. The summed E-state index contributed by atoms with van der Waals surface area (Å²) in [7, 11) is 0. The van der Waals surface area contributed by atoms with Gasteiger partial charge in [-0.25, -0.2) is 0 Å². The van der Waals surface area contributed by atoms with Crippen LogP contribution in [0.1, 0.15) is 30.1 Å². The van der Waals surface area contributed by atoms with E-state index in [4.69, 9.17) is 16.3 Å². The van der Waals surface area contributed by atoms with Gasteiger partial charge in [0.2, 0.25) is 0 Å². The van der Waals surface area contributed by atoms with Crippen molar-refractivity contribution in [3.8, 4) is 5.75 Å². The lowest BCUT2D eigenvalue weighted by atomic mass is 9.97. The number of pyridine rings is 1. The maximum atomic E-state index is 13.1. The third kappa shape index (κ3) is 4.21. The van der Waals surface area contributed by atoms with E-state index < -0.39 is 11.7 Å². The Balaban J connectivity index is 1.48. The maximum Gasteiger partial charge on any atom is 0.417 e. The number of benzene rings is 1. The van der Waals surface area contributed by atoms with E-state index in [2.05, 4.69) is 10.2 Å². The van der Waals surface area contributed by atoms with Gasteiger partial charge >= 0.3 is 6.18 Å². The van der Waals surface area contributed by atoms with E-state index in [1.807, 2.05) is 0 Å². The Hall–Kier alpha value is -2.81. The zero-order chi connectivity index (χ0) is 21.3. The van der Waals surface area contributed by atoms with Crippen LogP contribution in [0, 0.1) is 0 Å². The van der Waals surface area contributed by atoms with Crippen molar-refractivity contribution in [2.75, 3.05) is 19.7 Å². The van der Waals surface area contributed by atoms with Gasteiger partial charge in [-0.2, -0.15) is 13.2 Å². The fourth-order valence-electron chi connectivity index (χ4n) is 3.56. The molecule has 0 radical (unpaired) electrons. The number of aromatic nitrogens is 3. The molecule has 1 amide bonds. The summed E-state index contributed by atoms with van der Waals surface area (Å²) < 4.78 is 46.1. The van der Waals surface area contributed by atoms with Crippen LogP contribution < -0.4 is 4.74 Å². The van der Waals surface area contributed by atoms with Crippen LogP contribution in [0.3, 0.4) is 0 Å². The molecular weight excluding hydrogens is 421 g/mol. The van der Waals surface area contributed by atoms with Gasteiger partial charge in [0.25, 0.3) is 5.91 Å². The molecule has 158 valence electrons. The van der Waals surface area contributed by atoms with Crippen LogP contribution in [0.5, 0.6) is 5.75 Å². The van der Waals surface area contributed by atoms with Crippen molar-refractivity contribution < 1.29 is 22.7 Å². The Labute approximate surface area is 175 Å². The number of rotatable bonds is 4. The van der Waals surface area contributed by atoms with Gasteiger partial charge < -0.3 is 9.64 Å². The molecule has 0 bridgehead atoms. The highest BCUT2D eigenvalue weighted by Crippen LogP contribution is 2.31. The van der Waals surface area contributed by atoms with E-state index >= 15 is 0 Å². The van der Waals surface area contributed by atoms with Gasteiger partial charge in [-0.3, -0.25) is 9.20 Å². The van der Waals surface area contributed by atoms with Crippen molar-refractivity contribution in [3.63, 3.8) is 0 Å². The Kier molecular flexibility index (Phi) is 5.55. The van der Waals surface area contributed by atoms with Crippen molar-refractivity contribution in [2.45, 2.75) is 24.9 Å². The molecule has 1 unspecified atom stereocenters. The van der Waals surface area contributed by atoms with Gasteiger partial charge in [0.1, 0.15) is 11.6 Å². The predicted octanol–water partition coefficient (Wildman–Crippen LogP) is 4.19. The highest BCUT2D eigenvalue weighted by atomic mass is 35.5. The van der Waals surface area contributed by atoms with Crippen LogP contribution in [0.4, 0.5) is 13.2 Å². The number of piperidine rings is 1. The standard InChI is InChI=1S/C20H18ClF3N4O2/c21-15-5-1-2-6-16(15)30-12-18(29)27-9-3-4-13(10-27)19-26-25-17-8-7-14(11-28(17)19)20(22,23)24/h1-2,5-8,11,13H,3-4,9-10,12H2. The molecule has 10 heteroatoms. The Bertz CT molecular complexity index is 1070. The average molecular weight is 439 g/mol. The number of para-hydroxylation sites is 1. The zero-order valence-corrected chi connectivity index (χ0v) is 16.5. The summed E-state index contributed by atoms with van der Waals surface area (Å²) in [6.45, 7) is 0.711. The monoisotopic (exact) mass is 438 g/mol. The van der Waals surface area contributed by atoms with Crippen molar-refractivity contribution in [2.24, 2.45) is 0 Å². The number of hydrogen-bond acceptors (Lipinski definition) is 4.